The molecule has 0 radical (unpaired) electrons. The van der Waals surface area contributed by atoms with Crippen LogP contribution in [0.4, 0.5) is 0 Å². The maximum absolute atomic E-state index is 5.39. The summed E-state index contributed by atoms with van der Waals surface area (Å²) in [4.78, 5) is 16.0. The molecule has 60 heavy (non-hydrogen) atoms. The highest BCUT2D eigenvalue weighted by Crippen LogP contribution is 2.49. The lowest BCUT2D eigenvalue weighted by Gasteiger charge is -2.22. The fourth-order valence-corrected chi connectivity index (χ4v) is 9.62. The molecule has 2 aromatic heterocycles. The summed E-state index contributed by atoms with van der Waals surface area (Å²) in [6.07, 6.45) is 18.5. The number of hydrogen-bond donors (Lipinski definition) is 0. The fourth-order valence-electron chi connectivity index (χ4n) is 9.62. The van der Waals surface area contributed by atoms with E-state index < -0.39 is 0 Å². The Balaban J connectivity index is 1.06. The third kappa shape index (κ3) is 6.02. The zero-order valence-electron chi connectivity index (χ0n) is 34.0. The van der Waals surface area contributed by atoms with Crippen molar-refractivity contribution < 1.29 is 0 Å². The molecule has 4 heteroatoms. The van der Waals surface area contributed by atoms with Gasteiger partial charge in [-0.15, -0.1) is 0 Å². The summed E-state index contributed by atoms with van der Waals surface area (Å²) in [7, 11) is 0. The van der Waals surface area contributed by atoms with Gasteiger partial charge in [0, 0.05) is 33.2 Å². The average Bonchev–Trinajstić information content (AvgIpc) is 3.75. The molecule has 0 N–H and O–H groups in total. The van der Waals surface area contributed by atoms with E-state index in [-0.39, 0.29) is 17.3 Å². The number of para-hydroxylation sites is 2. The number of fused-ring (bicyclic) bond motifs is 6. The lowest BCUT2D eigenvalue weighted by atomic mass is 9.82. The van der Waals surface area contributed by atoms with E-state index in [4.69, 9.17) is 15.0 Å². The molecule has 0 aliphatic heterocycles. The first kappa shape index (κ1) is 36.0. The molecule has 11 rings (SSSR count). The Bertz CT molecular complexity index is 3150. The van der Waals surface area contributed by atoms with Crippen LogP contribution >= 0.6 is 0 Å². The van der Waals surface area contributed by atoms with Gasteiger partial charge in [-0.2, -0.15) is 9.97 Å². The molecule has 3 aliphatic rings. The number of benzene rings is 6. The highest BCUT2D eigenvalue weighted by atomic mass is 15.2. The van der Waals surface area contributed by atoms with Crippen LogP contribution in [0.2, 0.25) is 0 Å². The summed E-state index contributed by atoms with van der Waals surface area (Å²) in [6.45, 7) is 6.92. The Morgan fingerprint density at radius 1 is 0.633 bits per heavy atom. The number of rotatable bonds is 6. The maximum Gasteiger partial charge on any atom is 0.238 e. The van der Waals surface area contributed by atoms with Gasteiger partial charge in [0.1, 0.15) is 5.82 Å². The Hall–Kier alpha value is -7.17. The van der Waals surface area contributed by atoms with Crippen molar-refractivity contribution in [1.29, 1.82) is 0 Å². The van der Waals surface area contributed by atoms with Gasteiger partial charge in [-0.05, 0) is 74.6 Å². The predicted molar refractivity (Wildman–Crippen MR) is 249 cm³/mol. The van der Waals surface area contributed by atoms with Gasteiger partial charge in [-0.3, -0.25) is 4.57 Å². The van der Waals surface area contributed by atoms with Crippen LogP contribution in [0.15, 0.2) is 188 Å². The zero-order valence-corrected chi connectivity index (χ0v) is 34.0. The van der Waals surface area contributed by atoms with E-state index in [0.29, 0.717) is 11.8 Å². The van der Waals surface area contributed by atoms with Crippen LogP contribution in [0.1, 0.15) is 61.4 Å². The smallest absolute Gasteiger partial charge is 0.238 e. The Morgan fingerprint density at radius 3 is 2.22 bits per heavy atom. The fraction of sp³-hybridized carbons (Fsp3) is 0.125. The number of aromatic nitrogens is 4. The SMILES string of the molecule is CC1C=CC=CC1c1nc(C2=C/C(=C\c3ccc4c(c3)C(C)(C)c3ccccc3-4)CC=C2)nc(-n2c3ccccc3c3cccc(-c4ccc(-c5ccccc5)cc4)c32)n1. The lowest BCUT2D eigenvalue weighted by Crippen LogP contribution is -2.16. The minimum atomic E-state index is -0.0518. The van der Waals surface area contributed by atoms with Gasteiger partial charge in [0.15, 0.2) is 5.82 Å². The monoisotopic (exact) mass is 772 g/mol. The molecule has 2 unspecified atom stereocenters. The first-order valence-electron chi connectivity index (χ1n) is 21.0. The molecule has 3 aliphatic carbocycles. The molecule has 0 bridgehead atoms. The molecule has 0 spiro atoms. The molecule has 2 atom stereocenters. The van der Waals surface area contributed by atoms with Crippen LogP contribution in [0, 0.1) is 5.92 Å². The molecular weight excluding hydrogens is 729 g/mol. The van der Waals surface area contributed by atoms with Gasteiger partial charge in [-0.25, -0.2) is 4.98 Å². The van der Waals surface area contributed by atoms with Gasteiger partial charge in [0.05, 0.1) is 11.0 Å². The van der Waals surface area contributed by atoms with Crippen molar-refractivity contribution >= 4 is 33.5 Å². The highest BCUT2D eigenvalue weighted by molar-refractivity contribution is 6.13. The second-order valence-corrected chi connectivity index (χ2v) is 16.9. The lowest BCUT2D eigenvalue weighted by molar-refractivity contribution is 0.595. The molecular formula is C56H44N4. The molecule has 2 heterocycles. The minimum absolute atomic E-state index is 0.00988. The van der Waals surface area contributed by atoms with E-state index in [1.54, 1.807) is 0 Å². The molecule has 0 amide bonds. The van der Waals surface area contributed by atoms with E-state index in [2.05, 4.69) is 213 Å². The summed E-state index contributed by atoms with van der Waals surface area (Å²) in [5.74, 6) is 2.31. The van der Waals surface area contributed by atoms with Crippen LogP contribution < -0.4 is 0 Å². The molecule has 8 aromatic rings. The van der Waals surface area contributed by atoms with Crippen LogP contribution in [-0.2, 0) is 5.41 Å². The summed E-state index contributed by atoms with van der Waals surface area (Å²) < 4.78 is 2.26. The van der Waals surface area contributed by atoms with Gasteiger partial charge in [0.25, 0.3) is 0 Å². The Labute approximate surface area is 351 Å². The summed E-state index contributed by atoms with van der Waals surface area (Å²) in [5.41, 5.74) is 15.6. The van der Waals surface area contributed by atoms with E-state index in [1.165, 1.54) is 44.5 Å². The van der Waals surface area contributed by atoms with Crippen molar-refractivity contribution in [1.82, 2.24) is 19.5 Å². The zero-order chi connectivity index (χ0) is 40.4. The van der Waals surface area contributed by atoms with Crippen molar-refractivity contribution in [3.8, 4) is 39.3 Å². The Kier molecular flexibility index (Phi) is 8.56. The van der Waals surface area contributed by atoms with Crippen molar-refractivity contribution in [3.05, 3.63) is 216 Å². The third-order valence-electron chi connectivity index (χ3n) is 12.8. The van der Waals surface area contributed by atoms with Crippen molar-refractivity contribution in [2.75, 3.05) is 0 Å². The van der Waals surface area contributed by atoms with Gasteiger partial charge >= 0.3 is 0 Å². The van der Waals surface area contributed by atoms with Gasteiger partial charge in [-0.1, -0.05) is 197 Å². The Morgan fingerprint density at radius 2 is 1.35 bits per heavy atom. The second-order valence-electron chi connectivity index (χ2n) is 16.9. The van der Waals surface area contributed by atoms with Gasteiger partial charge in [0.2, 0.25) is 5.95 Å². The topological polar surface area (TPSA) is 43.6 Å². The highest BCUT2D eigenvalue weighted by Gasteiger charge is 2.35. The normalized spacial score (nSPS) is 18.2. The molecule has 0 fully saturated rings. The number of hydrogen-bond acceptors (Lipinski definition) is 3. The summed E-state index contributed by atoms with van der Waals surface area (Å²) in [6, 6.07) is 50.4. The second kappa shape index (κ2) is 14.3. The first-order valence-corrected chi connectivity index (χ1v) is 21.0. The summed E-state index contributed by atoms with van der Waals surface area (Å²) >= 11 is 0. The molecule has 6 aromatic carbocycles. The van der Waals surface area contributed by atoms with Crippen LogP contribution in [0.5, 0.6) is 0 Å². The molecule has 0 saturated carbocycles. The predicted octanol–water partition coefficient (Wildman–Crippen LogP) is 13.9. The molecule has 4 nitrogen and oxygen atoms in total. The van der Waals surface area contributed by atoms with Crippen LogP contribution in [0.25, 0.3) is 72.8 Å². The van der Waals surface area contributed by atoms with E-state index >= 15 is 0 Å². The van der Waals surface area contributed by atoms with Crippen molar-refractivity contribution in [2.24, 2.45) is 5.92 Å². The van der Waals surface area contributed by atoms with Crippen LogP contribution in [0.3, 0.4) is 0 Å². The van der Waals surface area contributed by atoms with Crippen LogP contribution in [-0.4, -0.2) is 19.5 Å². The maximum atomic E-state index is 5.39. The van der Waals surface area contributed by atoms with Crippen molar-refractivity contribution in [2.45, 2.75) is 38.5 Å². The first-order chi connectivity index (χ1) is 29.4. The van der Waals surface area contributed by atoms with E-state index in [1.807, 2.05) is 0 Å². The van der Waals surface area contributed by atoms with E-state index in [0.717, 1.165) is 50.8 Å². The average molecular weight is 773 g/mol. The standard InChI is InChI=1S/C56H44N4/c1-36-15-7-8-20-43(36)54-57-53(42-19-13-16-37(34-42)33-38-27-32-46-45-21-9-11-25-49(45)56(2,3)50(46)35-38)58-55(59-54)60-51-26-12-10-22-47(51)48-24-14-23-44(52(48)60)41-30-28-40(29-31-41)39-17-5-4-6-18-39/h4-15,17-36,43H,16H2,1-3H3/b37-33-. The number of nitrogens with zero attached hydrogens (tertiary/aromatic N) is 4. The number of allylic oxidation sites excluding steroid dienone is 9. The van der Waals surface area contributed by atoms with E-state index in [9.17, 15) is 0 Å². The molecule has 0 saturated heterocycles. The molecule has 288 valence electrons. The third-order valence-corrected chi connectivity index (χ3v) is 12.8. The van der Waals surface area contributed by atoms with Crippen molar-refractivity contribution in [3.63, 3.8) is 0 Å². The minimum Gasteiger partial charge on any atom is -0.277 e. The largest absolute Gasteiger partial charge is 0.277 e. The quantitative estimate of drug-likeness (QED) is 0.169. The van der Waals surface area contributed by atoms with Gasteiger partial charge < -0.3 is 0 Å². The summed E-state index contributed by atoms with van der Waals surface area (Å²) in [5, 5.41) is 2.32.